The zero-order valence-electron chi connectivity index (χ0n) is 27.0. The Kier molecular flexibility index (Phi) is 15.2. The summed E-state index contributed by atoms with van der Waals surface area (Å²) in [6, 6.07) is 12.6. The Morgan fingerprint density at radius 3 is 2.04 bits per heavy atom. The van der Waals surface area contributed by atoms with Crippen molar-refractivity contribution >= 4 is 35.5 Å². The number of hydrogen-bond donors (Lipinski definition) is 5. The van der Waals surface area contributed by atoms with E-state index in [0.29, 0.717) is 17.7 Å². The topological polar surface area (TPSA) is 195 Å². The Hall–Kier alpha value is -4.94. The SMILES string of the molecule is CCC(C)C(NC(=O)C(CC(C)C)NC(=O)OCc1ccccc1)C(=O)C(=O)NCC(=O)NC(Cc1ccc(OC)cc1)C(N)=O. The van der Waals surface area contributed by atoms with Crippen LogP contribution in [0.25, 0.3) is 0 Å². The number of ether oxygens (including phenoxy) is 2. The van der Waals surface area contributed by atoms with Gasteiger partial charge in [-0.3, -0.25) is 24.0 Å². The van der Waals surface area contributed by atoms with Crippen LogP contribution in [0.5, 0.6) is 5.75 Å². The van der Waals surface area contributed by atoms with Crippen LogP contribution >= 0.6 is 0 Å². The fourth-order valence-corrected chi connectivity index (χ4v) is 4.42. The number of benzene rings is 2. The molecule has 4 atom stereocenters. The first-order valence-corrected chi connectivity index (χ1v) is 15.2. The summed E-state index contributed by atoms with van der Waals surface area (Å²) < 4.78 is 10.4. The number of nitrogens with one attached hydrogen (secondary N) is 4. The van der Waals surface area contributed by atoms with Crippen LogP contribution < -0.4 is 31.7 Å². The Labute approximate surface area is 269 Å². The monoisotopic (exact) mass is 639 g/mol. The van der Waals surface area contributed by atoms with E-state index in [9.17, 15) is 28.8 Å². The predicted octanol–water partition coefficient (Wildman–Crippen LogP) is 1.77. The van der Waals surface area contributed by atoms with Gasteiger partial charge in [0.2, 0.25) is 23.5 Å². The number of rotatable bonds is 18. The summed E-state index contributed by atoms with van der Waals surface area (Å²) in [6.45, 7) is 6.62. The van der Waals surface area contributed by atoms with Gasteiger partial charge in [0.1, 0.15) is 24.4 Å². The van der Waals surface area contributed by atoms with Gasteiger partial charge >= 0.3 is 6.09 Å². The van der Waals surface area contributed by atoms with Crippen LogP contribution in [0.2, 0.25) is 0 Å². The quantitative estimate of drug-likeness (QED) is 0.152. The molecule has 0 heterocycles. The zero-order valence-corrected chi connectivity index (χ0v) is 27.0. The summed E-state index contributed by atoms with van der Waals surface area (Å²) in [6.07, 6.45) is -0.0123. The third-order valence-corrected chi connectivity index (χ3v) is 7.23. The molecule has 4 unspecified atom stereocenters. The van der Waals surface area contributed by atoms with E-state index in [1.165, 1.54) is 7.11 Å². The standard InChI is InChI=1S/C33H45N5O8/c1-6-21(4)28(38-31(42)26(16-20(2)3)37-33(44)46-19-23-10-8-7-9-11-23)29(40)32(43)35-18-27(39)36-25(30(34)41)17-22-12-14-24(45-5)15-13-22/h7-15,20-21,25-26,28H,6,16-19H2,1-5H3,(H2,34,41)(H,35,43)(H,36,39)(H,37,44)(H,38,42). The molecule has 6 N–H and O–H groups in total. The van der Waals surface area contributed by atoms with Gasteiger partial charge in [0, 0.05) is 6.42 Å². The van der Waals surface area contributed by atoms with Crippen LogP contribution in [0.15, 0.2) is 54.6 Å². The molecule has 0 saturated heterocycles. The molecule has 0 aliphatic carbocycles. The van der Waals surface area contributed by atoms with Gasteiger partial charge in [-0.15, -0.1) is 0 Å². The summed E-state index contributed by atoms with van der Waals surface area (Å²) in [7, 11) is 1.52. The maximum absolute atomic E-state index is 13.3. The van der Waals surface area contributed by atoms with Crippen molar-refractivity contribution in [2.75, 3.05) is 13.7 Å². The molecule has 0 aliphatic rings. The zero-order chi connectivity index (χ0) is 34.2. The van der Waals surface area contributed by atoms with Crippen LogP contribution in [-0.2, 0) is 41.7 Å². The number of ketones is 1. The minimum atomic E-state index is -1.23. The number of methoxy groups -OCH3 is 1. The van der Waals surface area contributed by atoms with Gasteiger partial charge in [-0.05, 0) is 41.5 Å². The van der Waals surface area contributed by atoms with Gasteiger partial charge in [-0.25, -0.2) is 4.79 Å². The van der Waals surface area contributed by atoms with E-state index in [0.717, 1.165) is 5.56 Å². The molecule has 0 bridgehead atoms. The molecule has 2 aromatic carbocycles. The number of Topliss-reactive ketones (excluding diaryl/α,β-unsaturated/α-hetero) is 1. The highest BCUT2D eigenvalue weighted by Gasteiger charge is 2.34. The number of carbonyl (C=O) groups is 6. The molecule has 0 fully saturated rings. The fourth-order valence-electron chi connectivity index (χ4n) is 4.42. The van der Waals surface area contributed by atoms with Crippen molar-refractivity contribution in [2.45, 2.75) is 71.7 Å². The van der Waals surface area contributed by atoms with Crippen molar-refractivity contribution in [3.05, 3.63) is 65.7 Å². The van der Waals surface area contributed by atoms with Crippen molar-refractivity contribution in [1.29, 1.82) is 0 Å². The second-order valence-corrected chi connectivity index (χ2v) is 11.4. The Balaban J connectivity index is 2.00. The number of hydrogen-bond acceptors (Lipinski definition) is 8. The highest BCUT2D eigenvalue weighted by Crippen LogP contribution is 2.14. The largest absolute Gasteiger partial charge is 0.497 e. The molecule has 0 radical (unpaired) electrons. The second-order valence-electron chi connectivity index (χ2n) is 11.4. The Morgan fingerprint density at radius 1 is 0.826 bits per heavy atom. The van der Waals surface area contributed by atoms with Crippen LogP contribution in [0.4, 0.5) is 4.79 Å². The summed E-state index contributed by atoms with van der Waals surface area (Å²) in [5.41, 5.74) is 6.95. The number of amides is 5. The van der Waals surface area contributed by atoms with E-state index in [1.807, 2.05) is 32.0 Å². The molecule has 2 rings (SSSR count). The predicted molar refractivity (Wildman–Crippen MR) is 170 cm³/mol. The lowest BCUT2D eigenvalue weighted by atomic mass is 9.94. The summed E-state index contributed by atoms with van der Waals surface area (Å²) in [5, 5.41) is 9.89. The lowest BCUT2D eigenvalue weighted by Gasteiger charge is -2.26. The molecular formula is C33H45N5O8. The smallest absolute Gasteiger partial charge is 0.408 e. The second kappa shape index (κ2) is 18.8. The maximum Gasteiger partial charge on any atom is 0.408 e. The van der Waals surface area contributed by atoms with Gasteiger partial charge in [0.05, 0.1) is 19.7 Å². The van der Waals surface area contributed by atoms with Gasteiger partial charge in [0.25, 0.3) is 5.91 Å². The summed E-state index contributed by atoms with van der Waals surface area (Å²) in [5.74, 6) is -4.06. The van der Waals surface area contributed by atoms with Gasteiger partial charge in [-0.1, -0.05) is 76.6 Å². The highest BCUT2D eigenvalue weighted by molar-refractivity contribution is 6.38. The van der Waals surface area contributed by atoms with E-state index in [2.05, 4.69) is 21.3 Å². The van der Waals surface area contributed by atoms with E-state index in [4.69, 9.17) is 15.2 Å². The molecule has 46 heavy (non-hydrogen) atoms. The van der Waals surface area contributed by atoms with E-state index >= 15 is 0 Å². The van der Waals surface area contributed by atoms with Crippen LogP contribution in [0, 0.1) is 11.8 Å². The van der Waals surface area contributed by atoms with Crippen molar-refractivity contribution in [3.8, 4) is 5.75 Å². The third-order valence-electron chi connectivity index (χ3n) is 7.23. The molecule has 0 spiro atoms. The average Bonchev–Trinajstić information content (AvgIpc) is 3.04. The van der Waals surface area contributed by atoms with Gasteiger partial charge < -0.3 is 36.5 Å². The first kappa shape index (κ1) is 37.2. The van der Waals surface area contributed by atoms with Gasteiger partial charge in [-0.2, -0.15) is 0 Å². The first-order chi connectivity index (χ1) is 21.8. The normalized spacial score (nSPS) is 13.3. The average molecular weight is 640 g/mol. The molecular weight excluding hydrogens is 594 g/mol. The van der Waals surface area contributed by atoms with Crippen LogP contribution in [0.3, 0.4) is 0 Å². The fraction of sp³-hybridized carbons (Fsp3) is 0.455. The molecule has 0 aliphatic heterocycles. The van der Waals surface area contributed by atoms with Crippen molar-refractivity contribution < 1.29 is 38.2 Å². The molecule has 5 amide bonds. The minimum absolute atomic E-state index is 0.00122. The van der Waals surface area contributed by atoms with Crippen molar-refractivity contribution in [1.82, 2.24) is 21.3 Å². The third kappa shape index (κ3) is 12.6. The minimum Gasteiger partial charge on any atom is -0.497 e. The Morgan fingerprint density at radius 2 is 1.48 bits per heavy atom. The molecule has 250 valence electrons. The lowest BCUT2D eigenvalue weighted by molar-refractivity contribution is -0.141. The summed E-state index contributed by atoms with van der Waals surface area (Å²) >= 11 is 0. The molecule has 0 aromatic heterocycles. The number of alkyl carbamates (subject to hydrolysis) is 1. The molecule has 2 aromatic rings. The van der Waals surface area contributed by atoms with Gasteiger partial charge in [0.15, 0.2) is 0 Å². The first-order valence-electron chi connectivity index (χ1n) is 15.2. The van der Waals surface area contributed by atoms with E-state index in [1.54, 1.807) is 50.2 Å². The van der Waals surface area contributed by atoms with E-state index in [-0.39, 0.29) is 25.4 Å². The van der Waals surface area contributed by atoms with Crippen LogP contribution in [-0.4, -0.2) is 67.3 Å². The highest BCUT2D eigenvalue weighted by atomic mass is 16.5. The number of primary amides is 1. The lowest BCUT2D eigenvalue weighted by Crippen LogP contribution is -2.56. The molecule has 13 nitrogen and oxygen atoms in total. The Bertz CT molecular complexity index is 1330. The maximum atomic E-state index is 13.3. The van der Waals surface area contributed by atoms with Crippen LogP contribution in [0.1, 0.15) is 51.7 Å². The molecule has 13 heteroatoms. The number of carbonyl (C=O) groups excluding carboxylic acids is 6. The van der Waals surface area contributed by atoms with Crippen molar-refractivity contribution in [2.24, 2.45) is 17.6 Å². The molecule has 0 saturated carbocycles. The number of nitrogens with two attached hydrogens (primary N) is 1. The summed E-state index contributed by atoms with van der Waals surface area (Å²) in [4.78, 5) is 76.4. The van der Waals surface area contributed by atoms with E-state index < -0.39 is 66.1 Å². The van der Waals surface area contributed by atoms with Crippen molar-refractivity contribution in [3.63, 3.8) is 0 Å².